The Balaban J connectivity index is 1.77. The van der Waals surface area contributed by atoms with Gasteiger partial charge in [0.1, 0.15) is 18.0 Å². The van der Waals surface area contributed by atoms with Gasteiger partial charge in [0.15, 0.2) is 0 Å². The van der Waals surface area contributed by atoms with Gasteiger partial charge < -0.3 is 15.4 Å². The monoisotopic (exact) mass is 348 g/mol. The molecule has 6 nitrogen and oxygen atoms in total. The Hall–Kier alpha value is -3.41. The second-order valence-electron chi connectivity index (χ2n) is 5.73. The van der Waals surface area contributed by atoms with E-state index in [-0.39, 0.29) is 6.04 Å². The molecule has 1 heterocycles. The fourth-order valence-corrected chi connectivity index (χ4v) is 2.57. The van der Waals surface area contributed by atoms with Crippen LogP contribution in [0, 0.1) is 0 Å². The van der Waals surface area contributed by atoms with E-state index in [1.54, 1.807) is 24.3 Å². The molecule has 0 spiro atoms. The molecule has 0 radical (unpaired) electrons. The van der Waals surface area contributed by atoms with E-state index in [1.165, 1.54) is 13.4 Å². The first kappa shape index (κ1) is 17.4. The first-order valence-electron chi connectivity index (χ1n) is 8.25. The van der Waals surface area contributed by atoms with Gasteiger partial charge >= 0.3 is 5.97 Å². The van der Waals surface area contributed by atoms with E-state index < -0.39 is 5.97 Å². The van der Waals surface area contributed by atoms with Crippen molar-refractivity contribution >= 4 is 23.3 Å². The molecule has 1 atom stereocenters. The van der Waals surface area contributed by atoms with E-state index in [1.807, 2.05) is 24.3 Å². The van der Waals surface area contributed by atoms with Gasteiger partial charge in [-0.05, 0) is 24.6 Å². The molecular formula is C20H20N4O2. The molecule has 0 amide bonds. The topological polar surface area (TPSA) is 76.1 Å². The molecule has 1 unspecified atom stereocenters. The van der Waals surface area contributed by atoms with Crippen molar-refractivity contribution in [1.29, 1.82) is 0 Å². The molecule has 0 bridgehead atoms. The molecule has 2 aromatic carbocycles. The second-order valence-corrected chi connectivity index (χ2v) is 5.73. The van der Waals surface area contributed by atoms with E-state index in [4.69, 9.17) is 4.74 Å². The van der Waals surface area contributed by atoms with Crippen molar-refractivity contribution in [1.82, 2.24) is 9.97 Å². The van der Waals surface area contributed by atoms with Gasteiger partial charge in [0, 0.05) is 12.1 Å². The number of esters is 1. The zero-order chi connectivity index (χ0) is 18.4. The number of benzene rings is 2. The summed E-state index contributed by atoms with van der Waals surface area (Å²) in [6.45, 7) is 2.07. The first-order chi connectivity index (χ1) is 12.7. The Labute approximate surface area is 152 Å². The van der Waals surface area contributed by atoms with Crippen LogP contribution in [0.5, 0.6) is 0 Å². The van der Waals surface area contributed by atoms with Gasteiger partial charge in [0.2, 0.25) is 0 Å². The Morgan fingerprint density at radius 3 is 2.46 bits per heavy atom. The SMILES string of the molecule is COC(=O)c1ccccc1Nc1cc(NC(C)c2ccccc2)ncn1. The van der Waals surface area contributed by atoms with Crippen LogP contribution in [-0.2, 0) is 4.74 Å². The lowest BCUT2D eigenvalue weighted by molar-refractivity contribution is 0.0602. The molecule has 26 heavy (non-hydrogen) atoms. The summed E-state index contributed by atoms with van der Waals surface area (Å²) in [5.41, 5.74) is 2.23. The molecule has 0 fully saturated rings. The molecule has 0 saturated carbocycles. The highest BCUT2D eigenvalue weighted by molar-refractivity contribution is 5.96. The second kappa shape index (κ2) is 8.11. The normalized spacial score (nSPS) is 11.5. The summed E-state index contributed by atoms with van der Waals surface area (Å²) in [5, 5.41) is 6.50. The maximum Gasteiger partial charge on any atom is 0.339 e. The van der Waals surface area contributed by atoms with E-state index in [2.05, 4.69) is 39.7 Å². The zero-order valence-electron chi connectivity index (χ0n) is 14.6. The van der Waals surface area contributed by atoms with Gasteiger partial charge in [-0.2, -0.15) is 0 Å². The van der Waals surface area contributed by atoms with Crippen molar-refractivity contribution in [3.8, 4) is 0 Å². The van der Waals surface area contributed by atoms with Crippen LogP contribution in [0.3, 0.4) is 0 Å². The van der Waals surface area contributed by atoms with Gasteiger partial charge in [-0.3, -0.25) is 0 Å². The summed E-state index contributed by atoms with van der Waals surface area (Å²) in [6.07, 6.45) is 1.48. The Morgan fingerprint density at radius 2 is 1.69 bits per heavy atom. The smallest absolute Gasteiger partial charge is 0.339 e. The lowest BCUT2D eigenvalue weighted by atomic mass is 10.1. The number of nitrogens with zero attached hydrogens (tertiary/aromatic N) is 2. The summed E-state index contributed by atoms with van der Waals surface area (Å²) in [4.78, 5) is 20.4. The quantitative estimate of drug-likeness (QED) is 0.651. The van der Waals surface area contributed by atoms with Crippen LogP contribution < -0.4 is 10.6 Å². The van der Waals surface area contributed by atoms with E-state index in [0.717, 1.165) is 5.56 Å². The number of methoxy groups -OCH3 is 1. The summed E-state index contributed by atoms with van der Waals surface area (Å²) in [6, 6.07) is 19.1. The van der Waals surface area contributed by atoms with Crippen LogP contribution in [0.25, 0.3) is 0 Å². The van der Waals surface area contributed by atoms with E-state index >= 15 is 0 Å². The van der Waals surface area contributed by atoms with Crippen molar-refractivity contribution in [2.24, 2.45) is 0 Å². The first-order valence-corrected chi connectivity index (χ1v) is 8.25. The van der Waals surface area contributed by atoms with Gasteiger partial charge in [-0.1, -0.05) is 42.5 Å². The highest BCUT2D eigenvalue weighted by Crippen LogP contribution is 2.23. The summed E-state index contributed by atoms with van der Waals surface area (Å²) >= 11 is 0. The number of hydrogen-bond donors (Lipinski definition) is 2. The van der Waals surface area contributed by atoms with Crippen LogP contribution in [0.15, 0.2) is 67.0 Å². The molecule has 0 aliphatic carbocycles. The van der Waals surface area contributed by atoms with Crippen molar-refractivity contribution in [2.75, 3.05) is 17.7 Å². The average Bonchev–Trinajstić information content (AvgIpc) is 2.69. The minimum atomic E-state index is -0.404. The predicted molar refractivity (Wildman–Crippen MR) is 102 cm³/mol. The standard InChI is InChI=1S/C20H20N4O2/c1-14(15-8-4-3-5-9-15)23-18-12-19(22-13-21-18)24-17-11-7-6-10-16(17)20(25)26-2/h3-14H,1-2H3,(H2,21,22,23,24). The number of ether oxygens (including phenoxy) is 1. The number of para-hydroxylation sites is 1. The minimum absolute atomic E-state index is 0.0984. The van der Waals surface area contributed by atoms with Gasteiger partial charge in [-0.25, -0.2) is 14.8 Å². The summed E-state index contributed by atoms with van der Waals surface area (Å²) < 4.78 is 4.82. The molecule has 132 valence electrons. The number of anilines is 3. The number of hydrogen-bond acceptors (Lipinski definition) is 6. The fourth-order valence-electron chi connectivity index (χ4n) is 2.57. The number of carbonyl (C=O) groups is 1. The van der Waals surface area contributed by atoms with E-state index in [0.29, 0.717) is 22.9 Å². The third kappa shape index (κ3) is 4.16. The zero-order valence-corrected chi connectivity index (χ0v) is 14.6. The third-order valence-corrected chi connectivity index (χ3v) is 3.93. The van der Waals surface area contributed by atoms with Gasteiger partial charge in [-0.15, -0.1) is 0 Å². The molecule has 0 aliphatic heterocycles. The van der Waals surface area contributed by atoms with Crippen molar-refractivity contribution in [3.63, 3.8) is 0 Å². The van der Waals surface area contributed by atoms with Crippen LogP contribution in [0.1, 0.15) is 28.9 Å². The van der Waals surface area contributed by atoms with E-state index in [9.17, 15) is 4.79 Å². The minimum Gasteiger partial charge on any atom is -0.465 e. The van der Waals surface area contributed by atoms with Crippen molar-refractivity contribution < 1.29 is 9.53 Å². The van der Waals surface area contributed by atoms with Crippen molar-refractivity contribution in [2.45, 2.75) is 13.0 Å². The molecular weight excluding hydrogens is 328 g/mol. The summed E-state index contributed by atoms with van der Waals surface area (Å²) in [7, 11) is 1.36. The van der Waals surface area contributed by atoms with Crippen LogP contribution in [-0.4, -0.2) is 23.0 Å². The number of rotatable bonds is 6. The highest BCUT2D eigenvalue weighted by atomic mass is 16.5. The molecule has 0 saturated heterocycles. The average molecular weight is 348 g/mol. The molecule has 2 N–H and O–H groups in total. The number of aromatic nitrogens is 2. The lowest BCUT2D eigenvalue weighted by Crippen LogP contribution is -2.09. The van der Waals surface area contributed by atoms with Crippen LogP contribution >= 0.6 is 0 Å². The number of carbonyl (C=O) groups excluding carboxylic acids is 1. The highest BCUT2D eigenvalue weighted by Gasteiger charge is 2.12. The van der Waals surface area contributed by atoms with Crippen LogP contribution in [0.2, 0.25) is 0 Å². The Morgan fingerprint density at radius 1 is 1.00 bits per heavy atom. The lowest BCUT2D eigenvalue weighted by Gasteiger charge is -2.16. The fraction of sp³-hybridized carbons (Fsp3) is 0.150. The third-order valence-electron chi connectivity index (χ3n) is 3.93. The molecule has 0 aliphatic rings. The molecule has 3 aromatic rings. The maximum atomic E-state index is 11.9. The maximum absolute atomic E-state index is 11.9. The van der Waals surface area contributed by atoms with Gasteiger partial charge in [0.25, 0.3) is 0 Å². The molecule has 6 heteroatoms. The number of nitrogens with one attached hydrogen (secondary N) is 2. The van der Waals surface area contributed by atoms with Crippen LogP contribution in [0.4, 0.5) is 17.3 Å². The molecule has 3 rings (SSSR count). The predicted octanol–water partition coefficient (Wildman–Crippen LogP) is 4.18. The largest absolute Gasteiger partial charge is 0.465 e. The molecule has 1 aromatic heterocycles. The Kier molecular flexibility index (Phi) is 5.43. The summed E-state index contributed by atoms with van der Waals surface area (Å²) in [5.74, 6) is 0.867. The van der Waals surface area contributed by atoms with Crippen molar-refractivity contribution in [3.05, 3.63) is 78.1 Å². The Bertz CT molecular complexity index is 884. The van der Waals surface area contributed by atoms with Gasteiger partial charge in [0.05, 0.1) is 18.4 Å².